The third-order valence-corrected chi connectivity index (χ3v) is 4.21. The molecule has 1 fully saturated rings. The number of imide groups is 1. The molecule has 1 aliphatic heterocycles. The van der Waals surface area contributed by atoms with Crippen LogP contribution < -0.4 is 10.2 Å². The summed E-state index contributed by atoms with van der Waals surface area (Å²) in [5, 5.41) is 3.28. The lowest BCUT2D eigenvalue weighted by molar-refractivity contribution is -0.116. The SMILES string of the molecule is Cc1ccccc1C(=O)N(C=O)Cc1cnc(N2CCNCC2)nc1. The summed E-state index contributed by atoms with van der Waals surface area (Å²) in [7, 11) is 0. The third-order valence-electron chi connectivity index (χ3n) is 4.21. The van der Waals surface area contributed by atoms with Crippen LogP contribution in [0.1, 0.15) is 21.5 Å². The molecule has 7 heteroatoms. The van der Waals surface area contributed by atoms with Crippen molar-refractivity contribution in [2.24, 2.45) is 0 Å². The van der Waals surface area contributed by atoms with E-state index in [-0.39, 0.29) is 12.5 Å². The summed E-state index contributed by atoms with van der Waals surface area (Å²) >= 11 is 0. The monoisotopic (exact) mass is 339 g/mol. The first-order valence-corrected chi connectivity index (χ1v) is 8.27. The number of piperazine rings is 1. The summed E-state index contributed by atoms with van der Waals surface area (Å²) in [5.74, 6) is 0.354. The predicted molar refractivity (Wildman–Crippen MR) is 94.2 cm³/mol. The molecule has 1 aromatic heterocycles. The van der Waals surface area contributed by atoms with E-state index >= 15 is 0 Å². The number of carbonyl (C=O) groups is 2. The Morgan fingerprint density at radius 3 is 2.56 bits per heavy atom. The van der Waals surface area contributed by atoms with Crippen molar-refractivity contribution in [3.63, 3.8) is 0 Å². The Bertz CT molecular complexity index is 741. The molecule has 2 amide bonds. The predicted octanol–water partition coefficient (Wildman–Crippen LogP) is 0.993. The van der Waals surface area contributed by atoms with Gasteiger partial charge in [-0.25, -0.2) is 9.97 Å². The third kappa shape index (κ3) is 4.00. The first kappa shape index (κ1) is 17.0. The van der Waals surface area contributed by atoms with Gasteiger partial charge in [-0.15, -0.1) is 0 Å². The number of aromatic nitrogens is 2. The molecule has 0 bridgehead atoms. The normalized spacial score (nSPS) is 14.2. The summed E-state index contributed by atoms with van der Waals surface area (Å²) in [6.45, 7) is 5.56. The van der Waals surface area contributed by atoms with Crippen LogP contribution in [0.5, 0.6) is 0 Å². The van der Waals surface area contributed by atoms with E-state index in [4.69, 9.17) is 0 Å². The molecule has 0 atom stereocenters. The average Bonchev–Trinajstić information content (AvgIpc) is 2.67. The molecule has 3 rings (SSSR count). The molecule has 2 aromatic rings. The van der Waals surface area contributed by atoms with Crippen LogP contribution in [-0.4, -0.2) is 53.4 Å². The number of nitrogens with one attached hydrogen (secondary N) is 1. The van der Waals surface area contributed by atoms with Gasteiger partial charge in [0.15, 0.2) is 0 Å². The van der Waals surface area contributed by atoms with Crippen LogP contribution in [-0.2, 0) is 11.3 Å². The van der Waals surface area contributed by atoms with Crippen LogP contribution in [0.15, 0.2) is 36.7 Å². The standard InChI is InChI=1S/C18H21N5O2/c1-14-4-2-3-5-16(14)17(25)23(13-24)12-15-10-20-18(21-11-15)22-8-6-19-7-9-22/h2-5,10-11,13,19H,6-9,12H2,1H3. The quantitative estimate of drug-likeness (QED) is 0.819. The van der Waals surface area contributed by atoms with Gasteiger partial charge in [0.05, 0.1) is 6.54 Å². The van der Waals surface area contributed by atoms with E-state index in [1.807, 2.05) is 19.1 Å². The molecule has 0 unspecified atom stereocenters. The molecule has 25 heavy (non-hydrogen) atoms. The molecule has 0 aliphatic carbocycles. The Kier molecular flexibility index (Phi) is 5.35. The van der Waals surface area contributed by atoms with Crippen molar-refractivity contribution in [3.8, 4) is 0 Å². The Labute approximate surface area is 146 Å². The number of carbonyl (C=O) groups excluding carboxylic acids is 2. The molecule has 1 saturated heterocycles. The van der Waals surface area contributed by atoms with Crippen molar-refractivity contribution >= 4 is 18.3 Å². The topological polar surface area (TPSA) is 78.4 Å². The fraction of sp³-hybridized carbons (Fsp3) is 0.333. The molecule has 1 aliphatic rings. The number of amides is 2. The maximum atomic E-state index is 12.6. The molecular formula is C18H21N5O2. The largest absolute Gasteiger partial charge is 0.338 e. The highest BCUT2D eigenvalue weighted by molar-refractivity contribution is 6.00. The first-order valence-electron chi connectivity index (χ1n) is 8.27. The van der Waals surface area contributed by atoms with E-state index in [2.05, 4.69) is 20.2 Å². The number of nitrogens with zero attached hydrogens (tertiary/aromatic N) is 4. The number of rotatable bonds is 5. The molecular weight excluding hydrogens is 318 g/mol. The van der Waals surface area contributed by atoms with Gasteiger partial charge in [0.25, 0.3) is 5.91 Å². The average molecular weight is 339 g/mol. The number of hydrogen-bond donors (Lipinski definition) is 1. The molecule has 0 radical (unpaired) electrons. The minimum absolute atomic E-state index is 0.151. The van der Waals surface area contributed by atoms with Crippen LogP contribution in [0.25, 0.3) is 0 Å². The fourth-order valence-electron chi connectivity index (χ4n) is 2.78. The van der Waals surface area contributed by atoms with Crippen molar-refractivity contribution in [3.05, 3.63) is 53.3 Å². The lowest BCUT2D eigenvalue weighted by atomic mass is 10.1. The number of aryl methyl sites for hydroxylation is 1. The Hall–Kier alpha value is -2.80. The zero-order valence-electron chi connectivity index (χ0n) is 14.2. The molecule has 130 valence electrons. The fourth-order valence-corrected chi connectivity index (χ4v) is 2.78. The molecule has 2 heterocycles. The van der Waals surface area contributed by atoms with Crippen LogP contribution in [0.2, 0.25) is 0 Å². The minimum atomic E-state index is -0.320. The first-order chi connectivity index (χ1) is 12.2. The Morgan fingerprint density at radius 2 is 1.92 bits per heavy atom. The van der Waals surface area contributed by atoms with E-state index < -0.39 is 0 Å². The van der Waals surface area contributed by atoms with E-state index in [0.29, 0.717) is 23.5 Å². The van der Waals surface area contributed by atoms with Crippen LogP contribution in [0.3, 0.4) is 0 Å². The van der Waals surface area contributed by atoms with E-state index in [9.17, 15) is 9.59 Å². The summed E-state index contributed by atoms with van der Waals surface area (Å²) in [4.78, 5) is 35.9. The highest BCUT2D eigenvalue weighted by Crippen LogP contribution is 2.13. The second-order valence-electron chi connectivity index (χ2n) is 5.98. The van der Waals surface area contributed by atoms with Crippen molar-refractivity contribution in [1.82, 2.24) is 20.2 Å². The van der Waals surface area contributed by atoms with E-state index in [1.165, 1.54) is 0 Å². The molecule has 0 saturated carbocycles. The van der Waals surface area contributed by atoms with Gasteiger partial charge in [-0.3, -0.25) is 14.5 Å². The van der Waals surface area contributed by atoms with E-state index in [1.54, 1.807) is 24.5 Å². The lowest BCUT2D eigenvalue weighted by Crippen LogP contribution is -2.44. The molecule has 7 nitrogen and oxygen atoms in total. The number of benzene rings is 1. The van der Waals surface area contributed by atoms with Crippen molar-refractivity contribution in [2.45, 2.75) is 13.5 Å². The minimum Gasteiger partial charge on any atom is -0.338 e. The van der Waals surface area contributed by atoms with Gasteiger partial charge in [-0.1, -0.05) is 18.2 Å². The van der Waals surface area contributed by atoms with Crippen molar-refractivity contribution in [1.29, 1.82) is 0 Å². The summed E-state index contributed by atoms with van der Waals surface area (Å²) in [6, 6.07) is 7.22. The van der Waals surface area contributed by atoms with Gasteiger partial charge in [0.2, 0.25) is 12.4 Å². The Morgan fingerprint density at radius 1 is 1.24 bits per heavy atom. The van der Waals surface area contributed by atoms with Crippen LogP contribution >= 0.6 is 0 Å². The maximum absolute atomic E-state index is 12.6. The van der Waals surface area contributed by atoms with Gasteiger partial charge < -0.3 is 10.2 Å². The van der Waals surface area contributed by atoms with Gasteiger partial charge >= 0.3 is 0 Å². The zero-order valence-corrected chi connectivity index (χ0v) is 14.2. The molecule has 1 N–H and O–H groups in total. The van der Waals surface area contributed by atoms with Crippen molar-refractivity contribution in [2.75, 3.05) is 31.1 Å². The van der Waals surface area contributed by atoms with Crippen LogP contribution in [0.4, 0.5) is 5.95 Å². The molecule has 0 spiro atoms. The molecule has 1 aromatic carbocycles. The summed E-state index contributed by atoms with van der Waals surface area (Å²) < 4.78 is 0. The second kappa shape index (κ2) is 7.85. The second-order valence-corrected chi connectivity index (χ2v) is 5.98. The highest BCUT2D eigenvalue weighted by Gasteiger charge is 2.18. The Balaban J connectivity index is 1.70. The number of anilines is 1. The van der Waals surface area contributed by atoms with Gasteiger partial charge in [-0.2, -0.15) is 0 Å². The number of hydrogen-bond acceptors (Lipinski definition) is 6. The highest BCUT2D eigenvalue weighted by atomic mass is 16.2. The van der Waals surface area contributed by atoms with E-state index in [0.717, 1.165) is 36.6 Å². The maximum Gasteiger partial charge on any atom is 0.260 e. The van der Waals surface area contributed by atoms with Crippen molar-refractivity contribution < 1.29 is 9.59 Å². The lowest BCUT2D eigenvalue weighted by Gasteiger charge is -2.27. The van der Waals surface area contributed by atoms with Gasteiger partial charge in [0, 0.05) is 49.7 Å². The zero-order chi connectivity index (χ0) is 17.6. The summed E-state index contributed by atoms with van der Waals surface area (Å²) in [6.07, 6.45) is 3.90. The van der Waals surface area contributed by atoms with Crippen LogP contribution in [0, 0.1) is 6.92 Å². The van der Waals surface area contributed by atoms with Gasteiger partial charge in [0.1, 0.15) is 0 Å². The smallest absolute Gasteiger partial charge is 0.260 e. The van der Waals surface area contributed by atoms with Gasteiger partial charge in [-0.05, 0) is 18.6 Å². The summed E-state index contributed by atoms with van der Waals surface area (Å²) in [5.41, 5.74) is 2.07.